The molecule has 2 aromatic heterocycles. The van der Waals surface area contributed by atoms with Gasteiger partial charge < -0.3 is 4.90 Å². The molecule has 0 saturated heterocycles. The number of aryl methyl sites for hydroxylation is 2. The van der Waals surface area contributed by atoms with Gasteiger partial charge in [-0.05, 0) is 39.3 Å². The second-order valence-corrected chi connectivity index (χ2v) is 7.14. The standard InChI is InChI=1S/C19H23N5OS/c1-5-23(6-2)17(25)16(15-10-8-7-9-11-15)26-19-21-18-20-13(3)12-14(4)24(18)22-19/h7-12,16H,5-6H2,1-4H3. The molecule has 0 aliphatic heterocycles. The summed E-state index contributed by atoms with van der Waals surface area (Å²) in [4.78, 5) is 23.9. The average Bonchev–Trinajstić information content (AvgIpc) is 3.04. The van der Waals surface area contributed by atoms with Gasteiger partial charge in [0.15, 0.2) is 0 Å². The van der Waals surface area contributed by atoms with E-state index in [0.29, 0.717) is 24.0 Å². The predicted octanol–water partition coefficient (Wildman–Crippen LogP) is 3.44. The Morgan fingerprint density at radius 1 is 1.15 bits per heavy atom. The van der Waals surface area contributed by atoms with Crippen molar-refractivity contribution in [2.75, 3.05) is 13.1 Å². The number of likely N-dealkylation sites (N-methyl/N-ethyl adjacent to an activating group) is 1. The Morgan fingerprint density at radius 3 is 2.50 bits per heavy atom. The van der Waals surface area contributed by atoms with Crippen LogP contribution in [0.3, 0.4) is 0 Å². The van der Waals surface area contributed by atoms with E-state index < -0.39 is 0 Å². The van der Waals surface area contributed by atoms with Crippen LogP contribution in [-0.2, 0) is 4.79 Å². The number of benzene rings is 1. The Bertz CT molecular complexity index is 905. The van der Waals surface area contributed by atoms with Crippen LogP contribution < -0.4 is 0 Å². The summed E-state index contributed by atoms with van der Waals surface area (Å²) in [5.74, 6) is 0.637. The Balaban J connectivity index is 1.98. The number of fused-ring (bicyclic) bond motifs is 1. The first-order chi connectivity index (χ1) is 12.5. The lowest BCUT2D eigenvalue weighted by Crippen LogP contribution is -2.33. The van der Waals surface area contributed by atoms with Crippen molar-refractivity contribution in [1.29, 1.82) is 0 Å². The van der Waals surface area contributed by atoms with E-state index in [1.54, 1.807) is 4.52 Å². The fraction of sp³-hybridized carbons (Fsp3) is 0.368. The first kappa shape index (κ1) is 18.4. The third-order valence-corrected chi connectivity index (χ3v) is 5.32. The predicted molar refractivity (Wildman–Crippen MR) is 103 cm³/mol. The van der Waals surface area contributed by atoms with Gasteiger partial charge in [-0.3, -0.25) is 4.79 Å². The zero-order valence-electron chi connectivity index (χ0n) is 15.5. The van der Waals surface area contributed by atoms with E-state index in [-0.39, 0.29) is 11.2 Å². The SMILES string of the molecule is CCN(CC)C(=O)C(Sc1nc2nc(C)cc(C)n2n1)c1ccccc1. The lowest BCUT2D eigenvalue weighted by atomic mass is 10.1. The molecule has 1 amide bonds. The fourth-order valence-corrected chi connectivity index (χ4v) is 3.91. The molecule has 2 heterocycles. The number of carbonyl (C=O) groups is 1. The molecule has 0 saturated carbocycles. The van der Waals surface area contributed by atoms with Gasteiger partial charge in [-0.15, -0.1) is 5.10 Å². The van der Waals surface area contributed by atoms with Crippen molar-refractivity contribution >= 4 is 23.4 Å². The molecule has 0 bridgehead atoms. The summed E-state index contributed by atoms with van der Waals surface area (Å²) in [5, 5.41) is 4.72. The lowest BCUT2D eigenvalue weighted by Gasteiger charge is -2.24. The topological polar surface area (TPSA) is 63.4 Å². The van der Waals surface area contributed by atoms with Crippen molar-refractivity contribution < 1.29 is 4.79 Å². The zero-order valence-corrected chi connectivity index (χ0v) is 16.3. The molecule has 0 aliphatic rings. The highest BCUT2D eigenvalue weighted by Crippen LogP contribution is 2.35. The number of carbonyl (C=O) groups excluding carboxylic acids is 1. The molecule has 3 rings (SSSR count). The highest BCUT2D eigenvalue weighted by Gasteiger charge is 2.27. The van der Waals surface area contributed by atoms with Crippen LogP contribution in [0.5, 0.6) is 0 Å². The van der Waals surface area contributed by atoms with Crippen LogP contribution in [0.1, 0.15) is 36.0 Å². The van der Waals surface area contributed by atoms with Crippen LogP contribution in [0.2, 0.25) is 0 Å². The minimum absolute atomic E-state index is 0.0749. The van der Waals surface area contributed by atoms with E-state index in [1.165, 1.54) is 11.8 Å². The largest absolute Gasteiger partial charge is 0.342 e. The Kier molecular flexibility index (Phi) is 5.56. The molecule has 0 spiro atoms. The average molecular weight is 369 g/mol. The maximum atomic E-state index is 13.1. The van der Waals surface area contributed by atoms with Gasteiger partial charge in [0, 0.05) is 24.5 Å². The van der Waals surface area contributed by atoms with Gasteiger partial charge in [0.2, 0.25) is 11.1 Å². The maximum Gasteiger partial charge on any atom is 0.253 e. The smallest absolute Gasteiger partial charge is 0.253 e. The molecule has 1 atom stereocenters. The van der Waals surface area contributed by atoms with E-state index in [1.807, 2.05) is 69.0 Å². The summed E-state index contributed by atoms with van der Waals surface area (Å²) < 4.78 is 1.72. The summed E-state index contributed by atoms with van der Waals surface area (Å²) in [6.45, 7) is 9.25. The molecular formula is C19H23N5OS. The van der Waals surface area contributed by atoms with Crippen LogP contribution >= 0.6 is 11.8 Å². The van der Waals surface area contributed by atoms with Crippen LogP contribution in [0, 0.1) is 13.8 Å². The molecule has 136 valence electrons. The molecule has 3 aromatic rings. The fourth-order valence-electron chi connectivity index (χ4n) is 2.89. The van der Waals surface area contributed by atoms with Crippen molar-refractivity contribution in [2.24, 2.45) is 0 Å². The minimum atomic E-state index is -0.380. The molecule has 0 aliphatic carbocycles. The molecule has 0 N–H and O–H groups in total. The second-order valence-electron chi connectivity index (χ2n) is 6.06. The van der Waals surface area contributed by atoms with E-state index in [0.717, 1.165) is 17.0 Å². The summed E-state index contributed by atoms with van der Waals surface area (Å²) >= 11 is 1.38. The number of hydrogen-bond acceptors (Lipinski definition) is 5. The number of aromatic nitrogens is 4. The third-order valence-electron chi connectivity index (χ3n) is 4.22. The van der Waals surface area contributed by atoms with Crippen LogP contribution in [-0.4, -0.2) is 43.5 Å². The molecule has 0 radical (unpaired) electrons. The highest BCUT2D eigenvalue weighted by atomic mass is 32.2. The summed E-state index contributed by atoms with van der Waals surface area (Å²) in [7, 11) is 0. The van der Waals surface area contributed by atoms with E-state index in [4.69, 9.17) is 0 Å². The second kappa shape index (κ2) is 7.86. The van der Waals surface area contributed by atoms with E-state index in [9.17, 15) is 4.79 Å². The normalized spacial score (nSPS) is 12.3. The van der Waals surface area contributed by atoms with Crippen LogP contribution in [0.15, 0.2) is 41.6 Å². The Morgan fingerprint density at radius 2 is 1.85 bits per heavy atom. The van der Waals surface area contributed by atoms with Gasteiger partial charge in [0.05, 0.1) is 0 Å². The van der Waals surface area contributed by atoms with Gasteiger partial charge in [-0.25, -0.2) is 9.50 Å². The molecule has 0 fully saturated rings. The Labute approximate surface area is 157 Å². The number of hydrogen-bond donors (Lipinski definition) is 0. The number of rotatable bonds is 6. The quantitative estimate of drug-likeness (QED) is 0.623. The molecule has 1 unspecified atom stereocenters. The van der Waals surface area contributed by atoms with Crippen molar-refractivity contribution in [1.82, 2.24) is 24.5 Å². The van der Waals surface area contributed by atoms with Gasteiger partial charge in [-0.1, -0.05) is 42.1 Å². The van der Waals surface area contributed by atoms with Crippen molar-refractivity contribution in [3.8, 4) is 0 Å². The third kappa shape index (κ3) is 3.72. The van der Waals surface area contributed by atoms with Crippen molar-refractivity contribution in [3.63, 3.8) is 0 Å². The van der Waals surface area contributed by atoms with Gasteiger partial charge in [0.1, 0.15) is 5.25 Å². The van der Waals surface area contributed by atoms with Crippen LogP contribution in [0.25, 0.3) is 5.78 Å². The van der Waals surface area contributed by atoms with Crippen molar-refractivity contribution in [3.05, 3.63) is 53.3 Å². The molecule has 6 nitrogen and oxygen atoms in total. The summed E-state index contributed by atoms with van der Waals surface area (Å²) in [6.07, 6.45) is 0. The van der Waals surface area contributed by atoms with Crippen molar-refractivity contribution in [2.45, 2.75) is 38.1 Å². The van der Waals surface area contributed by atoms with E-state index in [2.05, 4.69) is 15.1 Å². The summed E-state index contributed by atoms with van der Waals surface area (Å²) in [5.41, 5.74) is 2.82. The number of amides is 1. The maximum absolute atomic E-state index is 13.1. The molecular weight excluding hydrogens is 346 g/mol. The zero-order chi connectivity index (χ0) is 18.7. The van der Waals surface area contributed by atoms with Gasteiger partial charge >= 0.3 is 0 Å². The molecule has 1 aromatic carbocycles. The molecule has 26 heavy (non-hydrogen) atoms. The first-order valence-corrected chi connectivity index (χ1v) is 9.62. The minimum Gasteiger partial charge on any atom is -0.342 e. The monoisotopic (exact) mass is 369 g/mol. The Hall–Kier alpha value is -2.41. The number of nitrogens with zero attached hydrogens (tertiary/aromatic N) is 5. The first-order valence-electron chi connectivity index (χ1n) is 8.74. The molecule has 7 heteroatoms. The van der Waals surface area contributed by atoms with Gasteiger partial charge in [0.25, 0.3) is 5.78 Å². The lowest BCUT2D eigenvalue weighted by molar-refractivity contribution is -0.130. The van der Waals surface area contributed by atoms with Gasteiger partial charge in [-0.2, -0.15) is 4.98 Å². The van der Waals surface area contributed by atoms with E-state index >= 15 is 0 Å². The van der Waals surface area contributed by atoms with Crippen LogP contribution in [0.4, 0.5) is 0 Å². The summed E-state index contributed by atoms with van der Waals surface area (Å²) in [6, 6.07) is 11.8. The highest BCUT2D eigenvalue weighted by molar-refractivity contribution is 8.00. The number of thioether (sulfide) groups is 1.